The van der Waals surface area contributed by atoms with E-state index in [0.29, 0.717) is 12.3 Å². The molecule has 1 heterocycles. The van der Waals surface area contributed by atoms with Gasteiger partial charge in [-0.1, -0.05) is 0 Å². The van der Waals surface area contributed by atoms with E-state index in [2.05, 4.69) is 5.32 Å². The van der Waals surface area contributed by atoms with Gasteiger partial charge in [-0.15, -0.1) is 0 Å². The number of nitrogens with two attached hydrogens (primary N) is 1. The summed E-state index contributed by atoms with van der Waals surface area (Å²) in [6.45, 7) is 1.35. The lowest BCUT2D eigenvalue weighted by molar-refractivity contribution is 0.259. The molecule has 1 aromatic carbocycles. The van der Waals surface area contributed by atoms with Crippen molar-refractivity contribution in [3.63, 3.8) is 0 Å². The Kier molecular flexibility index (Phi) is 2.73. The van der Waals surface area contributed by atoms with Gasteiger partial charge in [0, 0.05) is 5.69 Å². The first-order valence-corrected chi connectivity index (χ1v) is 4.65. The fraction of sp³-hybridized carbons (Fsp3) is 0.300. The molecule has 0 saturated carbocycles. The highest BCUT2D eigenvalue weighted by atomic mass is 16.6. The molecule has 15 heavy (non-hydrogen) atoms. The van der Waals surface area contributed by atoms with Crippen molar-refractivity contribution in [1.29, 1.82) is 0 Å². The van der Waals surface area contributed by atoms with Crippen molar-refractivity contribution in [1.82, 2.24) is 0 Å². The van der Waals surface area contributed by atoms with Crippen molar-refractivity contribution in [2.75, 3.05) is 18.5 Å². The van der Waals surface area contributed by atoms with E-state index in [0.717, 1.165) is 12.4 Å². The summed E-state index contributed by atoms with van der Waals surface area (Å²) < 4.78 is 10.4. The molecule has 0 unspecified atom stereocenters. The summed E-state index contributed by atoms with van der Waals surface area (Å²) in [5.74, 6) is 0.750. The first-order chi connectivity index (χ1) is 7.24. The van der Waals surface area contributed by atoms with Crippen molar-refractivity contribution in [2.24, 2.45) is 5.73 Å². The zero-order chi connectivity index (χ0) is 10.7. The lowest BCUT2D eigenvalue weighted by Gasteiger charge is -2.05. The molecular formula is C10H12N2O3. The Morgan fingerprint density at radius 3 is 2.73 bits per heavy atom. The predicted molar refractivity (Wildman–Crippen MR) is 54.9 cm³/mol. The van der Waals surface area contributed by atoms with Crippen LogP contribution in [0.25, 0.3) is 0 Å². The van der Waals surface area contributed by atoms with Gasteiger partial charge in [0.2, 0.25) is 0 Å². The van der Waals surface area contributed by atoms with Crippen molar-refractivity contribution < 1.29 is 14.3 Å². The topological polar surface area (TPSA) is 76.9 Å². The number of nitrogens with one attached hydrogen (secondary N) is 1. The quantitative estimate of drug-likeness (QED) is 0.723. The van der Waals surface area contributed by atoms with Gasteiger partial charge in [-0.3, -0.25) is 0 Å². The Morgan fingerprint density at radius 1 is 1.53 bits per heavy atom. The normalized spacial score (nSPS) is 18.3. The van der Waals surface area contributed by atoms with Crippen LogP contribution in [-0.4, -0.2) is 25.3 Å². The van der Waals surface area contributed by atoms with Crippen molar-refractivity contribution >= 4 is 11.7 Å². The predicted octanol–water partition coefficient (Wildman–Crippen LogP) is 0.955. The van der Waals surface area contributed by atoms with Gasteiger partial charge in [0.1, 0.15) is 18.5 Å². The van der Waals surface area contributed by atoms with Crippen LogP contribution in [0.15, 0.2) is 24.3 Å². The molecular weight excluding hydrogens is 196 g/mol. The Morgan fingerprint density at radius 2 is 2.20 bits per heavy atom. The summed E-state index contributed by atoms with van der Waals surface area (Å²) in [7, 11) is 0. The maximum Gasteiger partial charge on any atom is 0.316 e. The molecule has 1 aliphatic rings. The molecule has 0 aliphatic carbocycles. The highest BCUT2D eigenvalue weighted by Gasteiger charge is 2.22. The second kappa shape index (κ2) is 4.18. The maximum absolute atomic E-state index is 10.5. The van der Waals surface area contributed by atoms with E-state index in [1.54, 1.807) is 24.3 Å². The molecule has 5 nitrogen and oxygen atoms in total. The Balaban J connectivity index is 1.87. The molecule has 2 amide bonds. The third-order valence-electron chi connectivity index (χ3n) is 1.96. The monoisotopic (exact) mass is 208 g/mol. The third-order valence-corrected chi connectivity index (χ3v) is 1.96. The standard InChI is InChI=1S/C10H12N2O3/c11-10(13)12-7-1-3-8(4-2-7)14-5-9-6-15-9/h1-4,9H,5-6H2,(H3,11,12,13)/t9-/m0/s1. The number of hydrogen-bond donors (Lipinski definition) is 2. The minimum Gasteiger partial charge on any atom is -0.491 e. The van der Waals surface area contributed by atoms with E-state index in [1.165, 1.54) is 0 Å². The van der Waals surface area contributed by atoms with Gasteiger partial charge in [-0.25, -0.2) is 4.79 Å². The SMILES string of the molecule is NC(=O)Nc1ccc(OC[C@H]2CO2)cc1. The van der Waals surface area contributed by atoms with E-state index in [1.807, 2.05) is 0 Å². The summed E-state index contributed by atoms with van der Waals surface area (Å²) in [5.41, 5.74) is 5.62. The zero-order valence-electron chi connectivity index (χ0n) is 8.10. The van der Waals surface area contributed by atoms with E-state index >= 15 is 0 Å². The molecule has 1 fully saturated rings. The van der Waals surface area contributed by atoms with Gasteiger partial charge >= 0.3 is 6.03 Å². The van der Waals surface area contributed by atoms with Crippen LogP contribution in [-0.2, 0) is 4.74 Å². The molecule has 1 aromatic rings. The minimum atomic E-state index is -0.574. The highest BCUT2D eigenvalue weighted by Crippen LogP contribution is 2.17. The Hall–Kier alpha value is -1.75. The Labute approximate surface area is 87.2 Å². The molecule has 0 aromatic heterocycles. The molecule has 1 atom stereocenters. The number of ether oxygens (including phenoxy) is 2. The maximum atomic E-state index is 10.5. The average Bonchev–Trinajstić information content (AvgIpc) is 2.99. The van der Waals surface area contributed by atoms with E-state index < -0.39 is 6.03 Å². The lowest BCUT2D eigenvalue weighted by atomic mass is 10.3. The molecule has 0 bridgehead atoms. The number of carbonyl (C=O) groups excluding carboxylic acids is 1. The summed E-state index contributed by atoms with van der Waals surface area (Å²) in [5, 5.41) is 2.47. The van der Waals surface area contributed by atoms with Crippen LogP contribution >= 0.6 is 0 Å². The number of primary amides is 1. The van der Waals surface area contributed by atoms with Gasteiger partial charge in [0.15, 0.2) is 0 Å². The number of rotatable bonds is 4. The lowest BCUT2D eigenvalue weighted by Crippen LogP contribution is -2.19. The van der Waals surface area contributed by atoms with E-state index in [-0.39, 0.29) is 6.10 Å². The van der Waals surface area contributed by atoms with Gasteiger partial charge in [-0.2, -0.15) is 0 Å². The number of urea groups is 1. The smallest absolute Gasteiger partial charge is 0.316 e. The second-order valence-corrected chi connectivity index (χ2v) is 3.28. The first-order valence-electron chi connectivity index (χ1n) is 4.65. The second-order valence-electron chi connectivity index (χ2n) is 3.28. The van der Waals surface area contributed by atoms with E-state index in [4.69, 9.17) is 15.2 Å². The van der Waals surface area contributed by atoms with Crippen molar-refractivity contribution in [3.05, 3.63) is 24.3 Å². The van der Waals surface area contributed by atoms with Crippen molar-refractivity contribution in [3.8, 4) is 5.75 Å². The zero-order valence-corrected chi connectivity index (χ0v) is 8.10. The average molecular weight is 208 g/mol. The summed E-state index contributed by atoms with van der Waals surface area (Å²) in [6, 6.07) is 6.43. The third kappa shape index (κ3) is 3.14. The Bertz CT molecular complexity index is 346. The molecule has 1 aliphatic heterocycles. The van der Waals surface area contributed by atoms with Gasteiger partial charge in [0.25, 0.3) is 0 Å². The number of amides is 2. The van der Waals surface area contributed by atoms with E-state index in [9.17, 15) is 4.79 Å². The fourth-order valence-corrected chi connectivity index (χ4v) is 1.13. The summed E-state index contributed by atoms with van der Waals surface area (Å²) in [4.78, 5) is 10.5. The summed E-state index contributed by atoms with van der Waals surface area (Å²) in [6.07, 6.45) is 0.244. The number of epoxide rings is 1. The first kappa shape index (κ1) is 9.79. The molecule has 1 saturated heterocycles. The minimum absolute atomic E-state index is 0.244. The van der Waals surface area contributed by atoms with Crippen LogP contribution in [0.5, 0.6) is 5.75 Å². The van der Waals surface area contributed by atoms with Crippen LogP contribution in [0.1, 0.15) is 0 Å². The molecule has 0 spiro atoms. The summed E-state index contributed by atoms with van der Waals surface area (Å²) >= 11 is 0. The molecule has 0 radical (unpaired) electrons. The highest BCUT2D eigenvalue weighted by molar-refractivity contribution is 5.87. The molecule has 2 rings (SSSR count). The number of carbonyl (C=O) groups is 1. The van der Waals surface area contributed by atoms with Crippen LogP contribution in [0.2, 0.25) is 0 Å². The largest absolute Gasteiger partial charge is 0.491 e. The number of hydrogen-bond acceptors (Lipinski definition) is 3. The fourth-order valence-electron chi connectivity index (χ4n) is 1.13. The molecule has 3 N–H and O–H groups in total. The molecule has 5 heteroatoms. The van der Waals surface area contributed by atoms with Crippen LogP contribution < -0.4 is 15.8 Å². The van der Waals surface area contributed by atoms with Crippen LogP contribution in [0.3, 0.4) is 0 Å². The van der Waals surface area contributed by atoms with Gasteiger partial charge in [0.05, 0.1) is 6.61 Å². The van der Waals surface area contributed by atoms with Gasteiger partial charge < -0.3 is 20.5 Å². The van der Waals surface area contributed by atoms with Crippen molar-refractivity contribution in [2.45, 2.75) is 6.10 Å². The van der Waals surface area contributed by atoms with Crippen LogP contribution in [0.4, 0.5) is 10.5 Å². The number of benzene rings is 1. The molecule has 80 valence electrons. The van der Waals surface area contributed by atoms with Crippen LogP contribution in [0, 0.1) is 0 Å². The number of anilines is 1. The van der Waals surface area contributed by atoms with Gasteiger partial charge in [-0.05, 0) is 24.3 Å².